The lowest BCUT2D eigenvalue weighted by atomic mass is 9.95. The zero-order chi connectivity index (χ0) is 31.6. The van der Waals surface area contributed by atoms with Crippen molar-refractivity contribution in [2.45, 2.75) is 12.7 Å². The Balaban J connectivity index is 1.21. The summed E-state index contributed by atoms with van der Waals surface area (Å²) >= 11 is 1.84. The minimum absolute atomic E-state index is 0.425. The smallest absolute Gasteiger partial charge is 0.169 e. The lowest BCUT2D eigenvalue weighted by Crippen LogP contribution is -2.36. The summed E-state index contributed by atoms with van der Waals surface area (Å²) in [6, 6.07) is 45.0. The molecule has 2 aliphatic rings. The third-order valence-electron chi connectivity index (χ3n) is 9.36. The Bertz CT molecular complexity index is 2660. The van der Waals surface area contributed by atoms with Crippen molar-refractivity contribution in [3.63, 3.8) is 0 Å². The molecule has 0 saturated heterocycles. The molecule has 2 N–H and O–H groups in total. The maximum atomic E-state index is 6.60. The van der Waals surface area contributed by atoms with Crippen LogP contribution in [0.4, 0.5) is 0 Å². The first kappa shape index (κ1) is 27.2. The Labute approximate surface area is 280 Å². The lowest BCUT2D eigenvalue weighted by molar-refractivity contribution is 0.532. The fourth-order valence-electron chi connectivity index (χ4n) is 7.07. The number of fused-ring (bicyclic) bond motifs is 7. The third-order valence-corrected chi connectivity index (χ3v) is 10.6. The van der Waals surface area contributed by atoms with E-state index < -0.39 is 6.17 Å². The molecular formula is C42H28N4OS. The molecule has 10 rings (SSSR count). The van der Waals surface area contributed by atoms with Crippen molar-refractivity contribution in [2.24, 2.45) is 9.98 Å². The van der Waals surface area contributed by atoms with Crippen LogP contribution in [-0.4, -0.2) is 11.7 Å². The molecular weight excluding hydrogens is 609 g/mol. The van der Waals surface area contributed by atoms with Crippen LogP contribution >= 0.6 is 11.3 Å². The molecule has 1 atom stereocenters. The van der Waals surface area contributed by atoms with Gasteiger partial charge in [-0.2, -0.15) is 0 Å². The highest BCUT2D eigenvalue weighted by Crippen LogP contribution is 2.42. The van der Waals surface area contributed by atoms with E-state index in [0.717, 1.165) is 56.2 Å². The van der Waals surface area contributed by atoms with E-state index in [1.165, 1.54) is 36.5 Å². The number of benzene rings is 6. The van der Waals surface area contributed by atoms with Gasteiger partial charge in [0.1, 0.15) is 23.0 Å². The van der Waals surface area contributed by atoms with Crippen molar-refractivity contribution >= 4 is 71.0 Å². The van der Waals surface area contributed by atoms with E-state index in [1.807, 2.05) is 35.7 Å². The standard InChI is InChI=1S/C42H28N4OS/c1-2-10-26(11-3-1)40-44-41(28-18-17-25-9-4-5-12-27(25)21-28)46-42(45-40)34-22-29(23-35-38(34)33-19-20-43-24-36(33)47-35)30-14-8-15-32-31-13-6-7-16-37(31)48-39(30)32/h1-23,41,43H,24H2,(H,44,45,46). The quantitative estimate of drug-likeness (QED) is 0.202. The molecule has 6 aromatic carbocycles. The lowest BCUT2D eigenvalue weighted by Gasteiger charge is -2.23. The Hall–Kier alpha value is -5.98. The molecule has 6 heteroatoms. The van der Waals surface area contributed by atoms with Gasteiger partial charge in [0, 0.05) is 42.2 Å². The van der Waals surface area contributed by atoms with Gasteiger partial charge in [0.2, 0.25) is 0 Å². The van der Waals surface area contributed by atoms with Crippen molar-refractivity contribution in [3.8, 4) is 11.1 Å². The van der Waals surface area contributed by atoms with E-state index in [1.54, 1.807) is 0 Å². The largest absolute Gasteiger partial charge is 0.458 e. The van der Waals surface area contributed by atoms with Gasteiger partial charge < -0.3 is 15.1 Å². The van der Waals surface area contributed by atoms with E-state index >= 15 is 0 Å². The molecule has 1 unspecified atom stereocenters. The molecule has 0 aliphatic carbocycles. The first-order valence-electron chi connectivity index (χ1n) is 16.1. The predicted molar refractivity (Wildman–Crippen MR) is 200 cm³/mol. The molecule has 0 amide bonds. The summed E-state index contributed by atoms with van der Waals surface area (Å²) in [7, 11) is 0. The number of furan rings is 1. The van der Waals surface area contributed by atoms with Gasteiger partial charge in [-0.25, -0.2) is 9.98 Å². The van der Waals surface area contributed by atoms with Crippen LogP contribution < -0.4 is 10.6 Å². The number of hydrogen-bond donors (Lipinski definition) is 2. The minimum atomic E-state index is -0.425. The van der Waals surface area contributed by atoms with E-state index in [4.69, 9.17) is 14.4 Å². The van der Waals surface area contributed by atoms with Crippen LogP contribution in [0.15, 0.2) is 148 Å². The molecule has 0 saturated carbocycles. The molecule has 5 nitrogen and oxygen atoms in total. The molecule has 48 heavy (non-hydrogen) atoms. The van der Waals surface area contributed by atoms with Crippen LogP contribution in [0.1, 0.15) is 34.2 Å². The van der Waals surface area contributed by atoms with Crippen molar-refractivity contribution in [1.82, 2.24) is 10.6 Å². The summed E-state index contributed by atoms with van der Waals surface area (Å²) in [6.45, 7) is 0.636. The van der Waals surface area contributed by atoms with E-state index in [0.29, 0.717) is 6.54 Å². The van der Waals surface area contributed by atoms with E-state index in [9.17, 15) is 0 Å². The Morgan fingerprint density at radius 2 is 1.48 bits per heavy atom. The van der Waals surface area contributed by atoms with Crippen molar-refractivity contribution < 1.29 is 4.42 Å². The Morgan fingerprint density at radius 1 is 0.667 bits per heavy atom. The number of nitrogens with zero attached hydrogens (tertiary/aromatic N) is 2. The van der Waals surface area contributed by atoms with Gasteiger partial charge in [0.15, 0.2) is 6.17 Å². The Morgan fingerprint density at radius 3 is 2.42 bits per heavy atom. The number of thiophene rings is 1. The number of nitrogens with one attached hydrogen (secondary N) is 2. The zero-order valence-electron chi connectivity index (χ0n) is 25.8. The maximum absolute atomic E-state index is 6.60. The molecule has 228 valence electrons. The average Bonchev–Trinajstić information content (AvgIpc) is 3.73. The predicted octanol–water partition coefficient (Wildman–Crippen LogP) is 10.2. The fraction of sp³-hybridized carbons (Fsp3) is 0.0476. The monoisotopic (exact) mass is 636 g/mol. The SMILES string of the molecule is C1=Cc2c(oc3cc(-c4cccc5c4sc4ccccc45)cc(C4=NC(c5ccc6ccccc6c5)N=C(c5ccccc5)N4)c23)CN1. The highest BCUT2D eigenvalue weighted by Gasteiger charge is 2.26. The summed E-state index contributed by atoms with van der Waals surface area (Å²) in [5, 5.41) is 13.0. The van der Waals surface area contributed by atoms with Gasteiger partial charge in [0.25, 0.3) is 0 Å². The van der Waals surface area contributed by atoms with Crippen LogP contribution in [0.3, 0.4) is 0 Å². The topological polar surface area (TPSA) is 61.9 Å². The number of amidine groups is 2. The second-order valence-electron chi connectivity index (χ2n) is 12.3. The second-order valence-corrected chi connectivity index (χ2v) is 13.3. The van der Waals surface area contributed by atoms with E-state index in [2.05, 4.69) is 126 Å². The van der Waals surface area contributed by atoms with Crippen LogP contribution in [0, 0.1) is 0 Å². The van der Waals surface area contributed by atoms with Gasteiger partial charge in [-0.05, 0) is 64.0 Å². The first-order valence-corrected chi connectivity index (χ1v) is 17.0. The van der Waals surface area contributed by atoms with Gasteiger partial charge in [-0.15, -0.1) is 11.3 Å². The molecule has 0 radical (unpaired) electrons. The summed E-state index contributed by atoms with van der Waals surface area (Å²) in [4.78, 5) is 10.5. The number of hydrogen-bond acceptors (Lipinski definition) is 6. The molecule has 0 fully saturated rings. The molecule has 8 aromatic rings. The fourth-order valence-corrected chi connectivity index (χ4v) is 8.30. The van der Waals surface area contributed by atoms with Crippen LogP contribution in [0.2, 0.25) is 0 Å². The first-order chi connectivity index (χ1) is 23.8. The second kappa shape index (κ2) is 10.8. The molecule has 0 bridgehead atoms. The highest BCUT2D eigenvalue weighted by molar-refractivity contribution is 7.26. The maximum Gasteiger partial charge on any atom is 0.169 e. The van der Waals surface area contributed by atoms with Gasteiger partial charge >= 0.3 is 0 Å². The van der Waals surface area contributed by atoms with Gasteiger partial charge in [-0.3, -0.25) is 0 Å². The average molecular weight is 637 g/mol. The van der Waals surface area contributed by atoms with E-state index in [-0.39, 0.29) is 0 Å². The molecule has 2 aliphatic heterocycles. The molecule has 0 spiro atoms. The zero-order valence-corrected chi connectivity index (χ0v) is 26.6. The molecule has 4 heterocycles. The van der Waals surface area contributed by atoms with Crippen LogP contribution in [0.25, 0.3) is 59.1 Å². The van der Waals surface area contributed by atoms with Crippen molar-refractivity contribution in [2.75, 3.05) is 0 Å². The normalized spacial score (nSPS) is 15.7. The highest BCUT2D eigenvalue weighted by atomic mass is 32.1. The summed E-state index contributed by atoms with van der Waals surface area (Å²) in [6.07, 6.45) is 3.68. The third kappa shape index (κ3) is 4.37. The summed E-state index contributed by atoms with van der Waals surface area (Å²) in [5.74, 6) is 2.48. The minimum Gasteiger partial charge on any atom is -0.458 e. The van der Waals surface area contributed by atoms with Gasteiger partial charge in [-0.1, -0.05) is 103 Å². The number of aliphatic imine (C=N–C) groups is 2. The van der Waals surface area contributed by atoms with Gasteiger partial charge in [0.05, 0.1) is 6.54 Å². The summed E-state index contributed by atoms with van der Waals surface area (Å²) in [5.41, 5.74) is 7.24. The Kier molecular flexibility index (Phi) is 6.11. The van der Waals surface area contributed by atoms with Crippen LogP contribution in [0.5, 0.6) is 0 Å². The van der Waals surface area contributed by atoms with Crippen molar-refractivity contribution in [1.29, 1.82) is 0 Å². The van der Waals surface area contributed by atoms with Crippen molar-refractivity contribution in [3.05, 3.63) is 162 Å². The number of rotatable bonds is 4. The summed E-state index contributed by atoms with van der Waals surface area (Å²) < 4.78 is 9.15. The molecule has 2 aromatic heterocycles. The van der Waals surface area contributed by atoms with Crippen LogP contribution in [-0.2, 0) is 6.54 Å².